The molecule has 0 radical (unpaired) electrons. The van der Waals surface area contributed by atoms with Crippen LogP contribution in [-0.4, -0.2) is 25.2 Å². The summed E-state index contributed by atoms with van der Waals surface area (Å²) < 4.78 is 41.9. The maximum absolute atomic E-state index is 13.4. The standard InChI is InChI=1S/C27H23F3N4O/c28-27(29,30)21-6-2-3-7-22(21)32-25-31-16-11-24(33-25)34-17-12-20-9-8-19(18-23(20)34)10-15-26(35)13-4-1-5-14-26/h2-3,6-9,11-12,16-18,35H,1,4-5,13-14H2,(H,31,32,33). The molecule has 2 heterocycles. The molecule has 178 valence electrons. The Morgan fingerprint density at radius 3 is 2.60 bits per heavy atom. The number of fused-ring (bicyclic) bond motifs is 1. The first-order chi connectivity index (χ1) is 16.8. The molecule has 8 heteroatoms. The molecule has 1 aliphatic carbocycles. The van der Waals surface area contributed by atoms with Crippen molar-refractivity contribution < 1.29 is 18.3 Å². The number of aromatic nitrogens is 3. The van der Waals surface area contributed by atoms with Crippen molar-refractivity contribution in [2.75, 3.05) is 5.32 Å². The van der Waals surface area contributed by atoms with Gasteiger partial charge < -0.3 is 15.0 Å². The molecule has 0 aliphatic heterocycles. The van der Waals surface area contributed by atoms with E-state index in [1.165, 1.54) is 24.4 Å². The number of hydrogen-bond acceptors (Lipinski definition) is 4. The molecule has 2 N–H and O–H groups in total. The molecule has 5 rings (SSSR count). The highest BCUT2D eigenvalue weighted by Gasteiger charge is 2.33. The van der Waals surface area contributed by atoms with Crippen molar-refractivity contribution in [3.05, 3.63) is 78.1 Å². The molecule has 1 fully saturated rings. The van der Waals surface area contributed by atoms with Gasteiger partial charge in [0.1, 0.15) is 11.4 Å². The van der Waals surface area contributed by atoms with E-state index in [-0.39, 0.29) is 11.6 Å². The smallest absolute Gasteiger partial charge is 0.378 e. The van der Waals surface area contributed by atoms with E-state index in [0.717, 1.165) is 41.8 Å². The SMILES string of the molecule is OC1(C#Cc2ccc3ccn(-c4ccnc(Nc5ccccc5C(F)(F)F)n4)c3c2)CCCCC1. The number of rotatable bonds is 3. The zero-order valence-electron chi connectivity index (χ0n) is 18.8. The molecule has 0 bridgehead atoms. The second-order valence-electron chi connectivity index (χ2n) is 8.71. The Morgan fingerprint density at radius 1 is 1.00 bits per heavy atom. The zero-order chi connectivity index (χ0) is 24.5. The van der Waals surface area contributed by atoms with Crippen molar-refractivity contribution >= 4 is 22.5 Å². The minimum absolute atomic E-state index is 0.0523. The average molecular weight is 477 g/mol. The summed E-state index contributed by atoms with van der Waals surface area (Å²) >= 11 is 0. The van der Waals surface area contributed by atoms with Crippen LogP contribution in [0.3, 0.4) is 0 Å². The summed E-state index contributed by atoms with van der Waals surface area (Å²) in [7, 11) is 0. The van der Waals surface area contributed by atoms with Crippen LogP contribution < -0.4 is 5.32 Å². The number of nitrogens with zero attached hydrogens (tertiary/aromatic N) is 3. The van der Waals surface area contributed by atoms with Crippen LogP contribution in [0.4, 0.5) is 24.8 Å². The van der Waals surface area contributed by atoms with Gasteiger partial charge in [-0.3, -0.25) is 0 Å². The van der Waals surface area contributed by atoms with Gasteiger partial charge in [0.05, 0.1) is 16.8 Å². The van der Waals surface area contributed by atoms with Crippen molar-refractivity contribution in [1.82, 2.24) is 14.5 Å². The van der Waals surface area contributed by atoms with Crippen LogP contribution in [-0.2, 0) is 6.18 Å². The van der Waals surface area contributed by atoms with Crippen molar-refractivity contribution in [2.45, 2.75) is 43.9 Å². The lowest BCUT2D eigenvalue weighted by molar-refractivity contribution is -0.136. The number of alkyl halides is 3. The van der Waals surface area contributed by atoms with E-state index in [4.69, 9.17) is 0 Å². The van der Waals surface area contributed by atoms with E-state index in [0.29, 0.717) is 18.7 Å². The predicted molar refractivity (Wildman–Crippen MR) is 129 cm³/mol. The third-order valence-electron chi connectivity index (χ3n) is 6.18. The number of aliphatic hydroxyl groups is 1. The fourth-order valence-electron chi connectivity index (χ4n) is 4.36. The van der Waals surface area contributed by atoms with Gasteiger partial charge in [-0.2, -0.15) is 18.2 Å². The maximum atomic E-state index is 13.4. The van der Waals surface area contributed by atoms with Gasteiger partial charge >= 0.3 is 6.18 Å². The molecule has 2 aromatic carbocycles. The highest BCUT2D eigenvalue weighted by atomic mass is 19.4. The van der Waals surface area contributed by atoms with Gasteiger partial charge in [0.25, 0.3) is 0 Å². The second-order valence-corrected chi connectivity index (χ2v) is 8.71. The lowest BCUT2D eigenvalue weighted by atomic mass is 9.85. The van der Waals surface area contributed by atoms with Gasteiger partial charge in [0.15, 0.2) is 0 Å². The van der Waals surface area contributed by atoms with Crippen molar-refractivity contribution in [1.29, 1.82) is 0 Å². The van der Waals surface area contributed by atoms with E-state index >= 15 is 0 Å². The molecule has 1 saturated carbocycles. The first-order valence-electron chi connectivity index (χ1n) is 11.4. The van der Waals surface area contributed by atoms with Gasteiger partial charge in [-0.15, -0.1) is 0 Å². The molecule has 5 nitrogen and oxygen atoms in total. The summed E-state index contributed by atoms with van der Waals surface area (Å²) in [6.45, 7) is 0. The van der Waals surface area contributed by atoms with E-state index in [2.05, 4.69) is 27.1 Å². The molecule has 2 aromatic heterocycles. The lowest BCUT2D eigenvalue weighted by Gasteiger charge is -2.26. The van der Waals surface area contributed by atoms with Crippen LogP contribution in [0.2, 0.25) is 0 Å². The Labute approximate surface area is 200 Å². The van der Waals surface area contributed by atoms with E-state index in [1.54, 1.807) is 6.07 Å². The predicted octanol–water partition coefficient (Wildman–Crippen LogP) is 6.23. The number of hydrogen-bond donors (Lipinski definition) is 2. The highest BCUT2D eigenvalue weighted by Crippen LogP contribution is 2.35. The minimum Gasteiger partial charge on any atom is -0.378 e. The lowest BCUT2D eigenvalue weighted by Crippen LogP contribution is -2.29. The first kappa shape index (κ1) is 22.9. The summed E-state index contributed by atoms with van der Waals surface area (Å²) in [5.41, 5.74) is -0.235. The van der Waals surface area contributed by atoms with Gasteiger partial charge in [0.2, 0.25) is 5.95 Å². The van der Waals surface area contributed by atoms with Crippen LogP contribution in [0.15, 0.2) is 67.0 Å². The molecule has 0 saturated heterocycles. The highest BCUT2D eigenvalue weighted by molar-refractivity contribution is 5.83. The van der Waals surface area contributed by atoms with E-state index in [1.807, 2.05) is 35.0 Å². The van der Waals surface area contributed by atoms with Gasteiger partial charge in [-0.05, 0) is 62.1 Å². The summed E-state index contributed by atoms with van der Waals surface area (Å²) in [4.78, 5) is 8.54. The summed E-state index contributed by atoms with van der Waals surface area (Å²) in [6, 6.07) is 14.6. The molecule has 0 unspecified atom stereocenters. The molecule has 0 amide bonds. The molecule has 4 aromatic rings. The number of para-hydroxylation sites is 1. The van der Waals surface area contributed by atoms with Crippen molar-refractivity contribution in [3.8, 4) is 17.7 Å². The van der Waals surface area contributed by atoms with E-state index < -0.39 is 17.3 Å². The molecule has 0 atom stereocenters. The number of nitrogens with one attached hydrogen (secondary N) is 1. The normalized spacial score (nSPS) is 15.4. The van der Waals surface area contributed by atoms with Gasteiger partial charge in [0, 0.05) is 23.3 Å². The summed E-state index contributed by atoms with van der Waals surface area (Å²) in [6.07, 6.45) is 3.29. The van der Waals surface area contributed by atoms with Crippen LogP contribution in [0.1, 0.15) is 43.2 Å². The number of halogens is 3. The fourth-order valence-corrected chi connectivity index (χ4v) is 4.36. The quantitative estimate of drug-likeness (QED) is 0.344. The molecular weight excluding hydrogens is 453 g/mol. The van der Waals surface area contributed by atoms with Crippen molar-refractivity contribution in [2.24, 2.45) is 0 Å². The van der Waals surface area contributed by atoms with Crippen LogP contribution in [0, 0.1) is 11.8 Å². The molecule has 1 aliphatic rings. The molecule has 0 spiro atoms. The summed E-state index contributed by atoms with van der Waals surface area (Å²) in [5.74, 6) is 6.72. The first-order valence-corrected chi connectivity index (χ1v) is 11.4. The summed E-state index contributed by atoms with van der Waals surface area (Å²) in [5, 5.41) is 14.3. The Kier molecular flexibility index (Phi) is 5.95. The second kappa shape index (κ2) is 9.08. The Bertz CT molecular complexity index is 1430. The Hall–Kier alpha value is -3.83. The van der Waals surface area contributed by atoms with Crippen LogP contribution in [0.5, 0.6) is 0 Å². The Balaban J connectivity index is 1.46. The van der Waals surface area contributed by atoms with Crippen LogP contribution >= 0.6 is 0 Å². The van der Waals surface area contributed by atoms with Crippen LogP contribution in [0.25, 0.3) is 16.7 Å². The zero-order valence-corrected chi connectivity index (χ0v) is 18.8. The molecule has 35 heavy (non-hydrogen) atoms. The van der Waals surface area contributed by atoms with E-state index in [9.17, 15) is 18.3 Å². The largest absolute Gasteiger partial charge is 0.418 e. The van der Waals surface area contributed by atoms with Gasteiger partial charge in [-0.25, -0.2) is 4.98 Å². The maximum Gasteiger partial charge on any atom is 0.418 e. The Morgan fingerprint density at radius 2 is 1.80 bits per heavy atom. The number of benzene rings is 2. The molecular formula is C27H23F3N4O. The fraction of sp³-hybridized carbons (Fsp3) is 0.259. The third kappa shape index (κ3) is 5.00. The third-order valence-corrected chi connectivity index (χ3v) is 6.18. The van der Waals surface area contributed by atoms with Crippen molar-refractivity contribution in [3.63, 3.8) is 0 Å². The van der Waals surface area contributed by atoms with Gasteiger partial charge in [-0.1, -0.05) is 36.5 Å². The minimum atomic E-state index is -4.50. The topological polar surface area (TPSA) is 63.0 Å². The number of anilines is 2. The average Bonchev–Trinajstić information content (AvgIpc) is 3.27. The monoisotopic (exact) mass is 476 g/mol.